The van der Waals surface area contributed by atoms with Crippen LogP contribution in [-0.2, 0) is 6.18 Å². The van der Waals surface area contributed by atoms with E-state index in [2.05, 4.69) is 4.98 Å². The van der Waals surface area contributed by atoms with Crippen molar-refractivity contribution in [3.05, 3.63) is 24.0 Å². The van der Waals surface area contributed by atoms with E-state index < -0.39 is 11.7 Å². The predicted octanol–water partition coefficient (Wildman–Crippen LogP) is 2.04. The smallest absolute Gasteiger partial charge is 0.418 e. The zero-order valence-corrected chi connectivity index (χ0v) is 9.08. The van der Waals surface area contributed by atoms with Gasteiger partial charge < -0.3 is 9.64 Å². The molecule has 1 aromatic rings. The molecular weight excluding hydrogens is 221 g/mol. The molecule has 0 bridgehead atoms. The van der Waals surface area contributed by atoms with Crippen molar-refractivity contribution in [1.29, 1.82) is 0 Å². The highest BCUT2D eigenvalue weighted by Crippen LogP contribution is 2.30. The average Bonchev–Trinajstić information content (AvgIpc) is 2.16. The van der Waals surface area contributed by atoms with Gasteiger partial charge in [-0.2, -0.15) is 13.2 Å². The van der Waals surface area contributed by atoms with Crippen molar-refractivity contribution >= 4 is 0 Å². The van der Waals surface area contributed by atoms with Crippen LogP contribution in [-0.4, -0.2) is 37.1 Å². The molecule has 1 heterocycles. The van der Waals surface area contributed by atoms with Gasteiger partial charge in [0, 0.05) is 12.7 Å². The summed E-state index contributed by atoms with van der Waals surface area (Å²) in [4.78, 5) is 5.37. The van der Waals surface area contributed by atoms with Crippen LogP contribution in [0.4, 0.5) is 13.2 Å². The van der Waals surface area contributed by atoms with Crippen LogP contribution < -0.4 is 4.74 Å². The molecule has 0 amide bonds. The second-order valence-electron chi connectivity index (χ2n) is 3.56. The maximum Gasteiger partial charge on any atom is 0.418 e. The molecule has 1 rings (SSSR count). The Balaban J connectivity index is 2.61. The zero-order valence-electron chi connectivity index (χ0n) is 9.08. The van der Waals surface area contributed by atoms with Crippen molar-refractivity contribution in [3.63, 3.8) is 0 Å². The lowest BCUT2D eigenvalue weighted by Crippen LogP contribution is -2.19. The summed E-state index contributed by atoms with van der Waals surface area (Å²) in [6, 6.07) is 0.947. The van der Waals surface area contributed by atoms with Crippen molar-refractivity contribution in [3.8, 4) is 5.75 Å². The minimum Gasteiger partial charge on any atom is -0.491 e. The van der Waals surface area contributed by atoms with Crippen LogP contribution in [0.3, 0.4) is 0 Å². The zero-order chi connectivity index (χ0) is 12.2. The summed E-state index contributed by atoms with van der Waals surface area (Å²) >= 11 is 0. The summed E-state index contributed by atoms with van der Waals surface area (Å²) in [7, 11) is 3.71. The second-order valence-corrected chi connectivity index (χ2v) is 3.56. The number of nitrogens with zero attached hydrogens (tertiary/aromatic N) is 2. The van der Waals surface area contributed by atoms with E-state index in [1.807, 2.05) is 19.0 Å². The van der Waals surface area contributed by atoms with Crippen LogP contribution in [0.15, 0.2) is 18.5 Å². The van der Waals surface area contributed by atoms with E-state index in [1.165, 1.54) is 6.20 Å². The molecule has 90 valence electrons. The number of hydrogen-bond acceptors (Lipinski definition) is 3. The molecule has 0 radical (unpaired) electrons. The molecule has 0 N–H and O–H groups in total. The van der Waals surface area contributed by atoms with Crippen LogP contribution in [0.5, 0.6) is 5.75 Å². The summed E-state index contributed by atoms with van der Waals surface area (Å²) < 4.78 is 42.1. The summed E-state index contributed by atoms with van der Waals surface area (Å²) in [5.41, 5.74) is -0.796. The quantitative estimate of drug-likeness (QED) is 0.797. The normalized spacial score (nSPS) is 11.9. The number of halogens is 3. The van der Waals surface area contributed by atoms with E-state index >= 15 is 0 Å². The molecular formula is C10H13F3N2O. The Morgan fingerprint density at radius 3 is 2.56 bits per heavy atom. The summed E-state index contributed by atoms with van der Waals surface area (Å²) in [5.74, 6) is 0.136. The monoisotopic (exact) mass is 234 g/mol. The molecule has 0 saturated heterocycles. The first-order valence-electron chi connectivity index (χ1n) is 4.69. The molecule has 6 heteroatoms. The lowest BCUT2D eigenvalue weighted by molar-refractivity contribution is -0.137. The third-order valence-corrected chi connectivity index (χ3v) is 1.85. The van der Waals surface area contributed by atoms with E-state index in [0.29, 0.717) is 13.2 Å². The number of hydrogen-bond donors (Lipinski definition) is 0. The van der Waals surface area contributed by atoms with Crippen LogP contribution in [0.1, 0.15) is 5.56 Å². The summed E-state index contributed by atoms with van der Waals surface area (Å²) in [5, 5.41) is 0. The number of alkyl halides is 3. The van der Waals surface area contributed by atoms with Gasteiger partial charge >= 0.3 is 6.18 Å². The van der Waals surface area contributed by atoms with Crippen LogP contribution in [0.25, 0.3) is 0 Å². The largest absolute Gasteiger partial charge is 0.491 e. The van der Waals surface area contributed by atoms with Gasteiger partial charge in [0.1, 0.15) is 12.4 Å². The Morgan fingerprint density at radius 1 is 1.31 bits per heavy atom. The topological polar surface area (TPSA) is 25.4 Å². The maximum absolute atomic E-state index is 12.3. The molecule has 16 heavy (non-hydrogen) atoms. The number of pyridine rings is 1. The fourth-order valence-corrected chi connectivity index (χ4v) is 0.999. The van der Waals surface area contributed by atoms with Gasteiger partial charge in [-0.25, -0.2) is 0 Å². The first-order valence-corrected chi connectivity index (χ1v) is 4.69. The fraction of sp³-hybridized carbons (Fsp3) is 0.500. The predicted molar refractivity (Wildman–Crippen MR) is 53.3 cm³/mol. The van der Waals surface area contributed by atoms with Gasteiger partial charge in [0.15, 0.2) is 0 Å². The molecule has 0 aliphatic rings. The van der Waals surface area contributed by atoms with Gasteiger partial charge in [-0.3, -0.25) is 4.98 Å². The molecule has 0 aliphatic heterocycles. The van der Waals surface area contributed by atoms with Crippen molar-refractivity contribution in [1.82, 2.24) is 9.88 Å². The van der Waals surface area contributed by atoms with E-state index in [1.54, 1.807) is 0 Å². The Labute approximate surface area is 91.8 Å². The standard InChI is InChI=1S/C10H13F3N2O/c1-15(2)3-4-16-9-5-8(6-14-7-9)10(11,12)13/h5-7H,3-4H2,1-2H3. The Hall–Kier alpha value is -1.30. The van der Waals surface area contributed by atoms with Gasteiger partial charge in [0.25, 0.3) is 0 Å². The van der Waals surface area contributed by atoms with Gasteiger partial charge in [0.05, 0.1) is 11.8 Å². The van der Waals surface area contributed by atoms with Crippen LogP contribution >= 0.6 is 0 Å². The minimum absolute atomic E-state index is 0.136. The highest BCUT2D eigenvalue weighted by molar-refractivity contribution is 5.25. The number of aromatic nitrogens is 1. The lowest BCUT2D eigenvalue weighted by atomic mass is 10.3. The minimum atomic E-state index is -4.38. The van der Waals surface area contributed by atoms with Crippen LogP contribution in [0, 0.1) is 0 Å². The highest BCUT2D eigenvalue weighted by atomic mass is 19.4. The second kappa shape index (κ2) is 5.16. The van der Waals surface area contributed by atoms with E-state index in [9.17, 15) is 13.2 Å². The average molecular weight is 234 g/mol. The Kier molecular flexibility index (Phi) is 4.12. The fourth-order valence-electron chi connectivity index (χ4n) is 0.999. The maximum atomic E-state index is 12.3. The molecule has 0 atom stereocenters. The van der Waals surface area contributed by atoms with Crippen molar-refractivity contribution in [2.75, 3.05) is 27.2 Å². The third-order valence-electron chi connectivity index (χ3n) is 1.85. The number of ether oxygens (including phenoxy) is 1. The highest BCUT2D eigenvalue weighted by Gasteiger charge is 2.31. The molecule has 0 spiro atoms. The first kappa shape index (κ1) is 12.8. The SMILES string of the molecule is CN(C)CCOc1cncc(C(F)(F)F)c1. The molecule has 0 aromatic carbocycles. The molecule has 1 aromatic heterocycles. The third kappa shape index (κ3) is 4.06. The van der Waals surface area contributed by atoms with E-state index in [-0.39, 0.29) is 5.75 Å². The summed E-state index contributed by atoms with van der Waals surface area (Å²) in [6.45, 7) is 0.965. The van der Waals surface area contributed by atoms with Gasteiger partial charge in [-0.15, -0.1) is 0 Å². The molecule has 0 fully saturated rings. The number of rotatable bonds is 4. The van der Waals surface area contributed by atoms with Gasteiger partial charge in [-0.1, -0.05) is 0 Å². The Bertz CT molecular complexity index is 339. The molecule has 0 unspecified atom stereocenters. The van der Waals surface area contributed by atoms with Crippen molar-refractivity contribution in [2.45, 2.75) is 6.18 Å². The molecule has 0 saturated carbocycles. The molecule has 0 aliphatic carbocycles. The van der Waals surface area contributed by atoms with Gasteiger partial charge in [0.2, 0.25) is 0 Å². The first-order chi connectivity index (χ1) is 7.39. The van der Waals surface area contributed by atoms with Crippen molar-refractivity contribution < 1.29 is 17.9 Å². The lowest BCUT2D eigenvalue weighted by Gasteiger charge is -2.12. The van der Waals surface area contributed by atoms with E-state index in [4.69, 9.17) is 4.74 Å². The van der Waals surface area contributed by atoms with E-state index in [0.717, 1.165) is 12.3 Å². The Morgan fingerprint density at radius 2 is 2.00 bits per heavy atom. The summed E-state index contributed by atoms with van der Waals surface area (Å²) in [6.07, 6.45) is -2.34. The van der Waals surface area contributed by atoms with Crippen molar-refractivity contribution in [2.24, 2.45) is 0 Å². The molecule has 3 nitrogen and oxygen atoms in total. The van der Waals surface area contributed by atoms with Crippen LogP contribution in [0.2, 0.25) is 0 Å². The van der Waals surface area contributed by atoms with Gasteiger partial charge in [-0.05, 0) is 20.2 Å². The number of likely N-dealkylation sites (N-methyl/N-ethyl adjacent to an activating group) is 1.